The second-order valence-corrected chi connectivity index (χ2v) is 5.91. The number of benzene rings is 2. The van der Waals surface area contributed by atoms with Crippen LogP contribution in [0.15, 0.2) is 46.9 Å². The zero-order valence-electron chi connectivity index (χ0n) is 11.9. The number of rotatable bonds is 3. The van der Waals surface area contributed by atoms with Crippen molar-refractivity contribution in [1.29, 1.82) is 0 Å². The third kappa shape index (κ3) is 2.51. The van der Waals surface area contributed by atoms with E-state index in [2.05, 4.69) is 20.9 Å². The van der Waals surface area contributed by atoms with Crippen LogP contribution in [0, 0.1) is 6.92 Å². The summed E-state index contributed by atoms with van der Waals surface area (Å²) in [5.74, 6) is 0.860. The van der Waals surface area contributed by atoms with Gasteiger partial charge >= 0.3 is 0 Å². The Hall–Kier alpha value is -1.94. The quantitative estimate of drug-likeness (QED) is 0.672. The summed E-state index contributed by atoms with van der Waals surface area (Å²) in [4.78, 5) is 17.1. The fourth-order valence-corrected chi connectivity index (χ4v) is 2.94. The zero-order chi connectivity index (χ0) is 15.0. The number of aromatic nitrogens is 2. The molecule has 0 N–H and O–H groups in total. The molecule has 0 bridgehead atoms. The molecule has 0 aliphatic heterocycles. The molecule has 0 amide bonds. The molecular formula is C17H15BrN2O. The average molecular weight is 343 g/mol. The Balaban J connectivity index is 1.97. The number of Topliss-reactive ketones (excluding diaryl/α,β-unsaturated/α-hetero) is 1. The number of imidazole rings is 1. The molecule has 0 spiro atoms. The topological polar surface area (TPSA) is 34.9 Å². The fraction of sp³-hybridized carbons (Fsp3) is 0.176. The third-order valence-corrected chi connectivity index (χ3v) is 4.74. The number of hydrogen-bond acceptors (Lipinski definition) is 2. The largest absolute Gasteiger partial charge is 0.331 e. The Morgan fingerprint density at radius 2 is 1.95 bits per heavy atom. The van der Waals surface area contributed by atoms with Crippen LogP contribution in [0.3, 0.4) is 0 Å². The van der Waals surface area contributed by atoms with E-state index in [0.717, 1.165) is 26.9 Å². The van der Waals surface area contributed by atoms with Gasteiger partial charge in [-0.25, -0.2) is 4.98 Å². The van der Waals surface area contributed by atoms with Crippen molar-refractivity contribution in [2.24, 2.45) is 7.05 Å². The van der Waals surface area contributed by atoms with Crippen molar-refractivity contribution in [2.75, 3.05) is 0 Å². The van der Waals surface area contributed by atoms with E-state index < -0.39 is 0 Å². The molecule has 0 fully saturated rings. The predicted octanol–water partition coefficient (Wildman–Crippen LogP) is 4.07. The first-order valence-electron chi connectivity index (χ1n) is 6.76. The number of para-hydroxylation sites is 2. The number of carbonyl (C=O) groups is 1. The van der Waals surface area contributed by atoms with E-state index in [0.29, 0.717) is 12.0 Å². The van der Waals surface area contributed by atoms with Gasteiger partial charge in [0.05, 0.1) is 17.5 Å². The monoisotopic (exact) mass is 342 g/mol. The SMILES string of the molecule is Cc1cccc(C(=O)Cc2nc3ccccc3n2C)c1Br. The summed E-state index contributed by atoms with van der Waals surface area (Å²) in [6.07, 6.45) is 0.299. The average Bonchev–Trinajstić information content (AvgIpc) is 2.79. The van der Waals surface area contributed by atoms with Gasteiger partial charge in [-0.05, 0) is 40.5 Å². The molecular weight excluding hydrogens is 328 g/mol. The van der Waals surface area contributed by atoms with E-state index in [-0.39, 0.29) is 5.78 Å². The van der Waals surface area contributed by atoms with Crippen molar-refractivity contribution in [3.8, 4) is 0 Å². The Kier molecular flexibility index (Phi) is 3.64. The van der Waals surface area contributed by atoms with Crippen LogP contribution in [0.2, 0.25) is 0 Å². The minimum atomic E-state index is 0.0731. The van der Waals surface area contributed by atoms with Crippen molar-refractivity contribution in [3.63, 3.8) is 0 Å². The predicted molar refractivity (Wildman–Crippen MR) is 87.6 cm³/mol. The van der Waals surface area contributed by atoms with Crippen LogP contribution in [0.25, 0.3) is 11.0 Å². The lowest BCUT2D eigenvalue weighted by molar-refractivity contribution is 0.0989. The molecule has 0 aliphatic carbocycles. The second-order valence-electron chi connectivity index (χ2n) is 5.11. The van der Waals surface area contributed by atoms with Crippen LogP contribution in [-0.4, -0.2) is 15.3 Å². The van der Waals surface area contributed by atoms with Crippen LogP contribution in [0.1, 0.15) is 21.7 Å². The van der Waals surface area contributed by atoms with Crippen molar-refractivity contribution >= 4 is 32.7 Å². The molecule has 3 nitrogen and oxygen atoms in total. The first-order chi connectivity index (χ1) is 10.1. The van der Waals surface area contributed by atoms with E-state index >= 15 is 0 Å². The second kappa shape index (κ2) is 5.45. The highest BCUT2D eigenvalue weighted by molar-refractivity contribution is 9.10. The number of carbonyl (C=O) groups excluding carboxylic acids is 1. The van der Waals surface area contributed by atoms with E-state index in [1.807, 2.05) is 61.0 Å². The highest BCUT2D eigenvalue weighted by Gasteiger charge is 2.16. The number of ketones is 1. The molecule has 4 heteroatoms. The van der Waals surface area contributed by atoms with Crippen LogP contribution < -0.4 is 0 Å². The lowest BCUT2D eigenvalue weighted by Crippen LogP contribution is -2.09. The third-order valence-electron chi connectivity index (χ3n) is 3.69. The first kappa shape index (κ1) is 14.0. The van der Waals surface area contributed by atoms with Crippen molar-refractivity contribution in [3.05, 3.63) is 63.9 Å². The minimum absolute atomic E-state index is 0.0731. The van der Waals surface area contributed by atoms with Crippen LogP contribution in [0.5, 0.6) is 0 Å². The smallest absolute Gasteiger partial charge is 0.171 e. The number of halogens is 1. The van der Waals surface area contributed by atoms with Crippen molar-refractivity contribution in [1.82, 2.24) is 9.55 Å². The fourth-order valence-electron chi connectivity index (χ4n) is 2.46. The van der Waals surface area contributed by atoms with Gasteiger partial charge in [-0.3, -0.25) is 4.79 Å². The van der Waals surface area contributed by atoms with Crippen molar-refractivity contribution < 1.29 is 4.79 Å². The molecule has 2 aromatic carbocycles. The first-order valence-corrected chi connectivity index (χ1v) is 7.56. The summed E-state index contributed by atoms with van der Waals surface area (Å²) < 4.78 is 2.85. The van der Waals surface area contributed by atoms with Gasteiger partial charge in [0, 0.05) is 17.1 Å². The van der Waals surface area contributed by atoms with Crippen molar-refractivity contribution in [2.45, 2.75) is 13.3 Å². The van der Waals surface area contributed by atoms with Crippen LogP contribution in [-0.2, 0) is 13.5 Å². The molecule has 0 radical (unpaired) electrons. The Bertz CT molecular complexity index is 836. The molecule has 1 heterocycles. The van der Waals surface area contributed by atoms with Crippen LogP contribution >= 0.6 is 15.9 Å². The lowest BCUT2D eigenvalue weighted by Gasteiger charge is -2.06. The summed E-state index contributed by atoms with van der Waals surface area (Å²) in [5.41, 5.74) is 3.74. The Labute approximate surface area is 131 Å². The summed E-state index contributed by atoms with van der Waals surface area (Å²) >= 11 is 3.50. The maximum absolute atomic E-state index is 12.5. The van der Waals surface area contributed by atoms with Gasteiger partial charge in [0.1, 0.15) is 5.82 Å². The molecule has 0 saturated heterocycles. The van der Waals surface area contributed by atoms with Gasteiger partial charge in [0.25, 0.3) is 0 Å². The number of nitrogens with zero attached hydrogens (tertiary/aromatic N) is 2. The van der Waals surface area contributed by atoms with E-state index in [4.69, 9.17) is 0 Å². The number of fused-ring (bicyclic) bond motifs is 1. The summed E-state index contributed by atoms with van der Waals surface area (Å²) in [6.45, 7) is 1.98. The highest BCUT2D eigenvalue weighted by Crippen LogP contribution is 2.23. The van der Waals surface area contributed by atoms with E-state index in [1.165, 1.54) is 0 Å². The molecule has 0 unspecified atom stereocenters. The summed E-state index contributed by atoms with van der Waals surface area (Å²) in [5, 5.41) is 0. The minimum Gasteiger partial charge on any atom is -0.331 e. The summed E-state index contributed by atoms with van der Waals surface area (Å²) in [6, 6.07) is 13.6. The normalized spacial score (nSPS) is 11.0. The Morgan fingerprint density at radius 1 is 1.19 bits per heavy atom. The van der Waals surface area contributed by atoms with Gasteiger partial charge in [0.2, 0.25) is 0 Å². The lowest BCUT2D eigenvalue weighted by atomic mass is 10.1. The molecule has 3 rings (SSSR count). The molecule has 0 saturated carbocycles. The van der Waals surface area contributed by atoms with Gasteiger partial charge < -0.3 is 4.57 Å². The van der Waals surface area contributed by atoms with E-state index in [9.17, 15) is 4.79 Å². The van der Waals surface area contributed by atoms with Crippen LogP contribution in [0.4, 0.5) is 0 Å². The zero-order valence-corrected chi connectivity index (χ0v) is 13.5. The maximum atomic E-state index is 12.5. The molecule has 21 heavy (non-hydrogen) atoms. The molecule has 1 aromatic heterocycles. The van der Waals surface area contributed by atoms with Gasteiger partial charge in [-0.2, -0.15) is 0 Å². The van der Waals surface area contributed by atoms with E-state index in [1.54, 1.807) is 0 Å². The standard InChI is InChI=1S/C17H15BrN2O/c1-11-6-5-7-12(17(11)18)15(21)10-16-19-13-8-3-4-9-14(13)20(16)2/h3-9H,10H2,1-2H3. The highest BCUT2D eigenvalue weighted by atomic mass is 79.9. The molecule has 106 valence electrons. The number of aryl methyl sites for hydroxylation is 2. The molecule has 3 aromatic rings. The maximum Gasteiger partial charge on any atom is 0.171 e. The molecule has 0 aliphatic rings. The van der Waals surface area contributed by atoms with Gasteiger partial charge in [-0.15, -0.1) is 0 Å². The van der Waals surface area contributed by atoms with Gasteiger partial charge in [-0.1, -0.05) is 30.3 Å². The number of hydrogen-bond donors (Lipinski definition) is 0. The Morgan fingerprint density at radius 3 is 2.71 bits per heavy atom. The summed E-state index contributed by atoms with van der Waals surface area (Å²) in [7, 11) is 1.95. The molecule has 0 atom stereocenters. The van der Waals surface area contributed by atoms with Gasteiger partial charge in [0.15, 0.2) is 5.78 Å².